The number of alkyl halides is 3. The lowest BCUT2D eigenvalue weighted by molar-refractivity contribution is -0.137. The molecule has 0 radical (unpaired) electrons. The molecular formula is C16H24F3NS. The molecule has 1 aromatic rings. The van der Waals surface area contributed by atoms with Gasteiger partial charge >= 0.3 is 6.18 Å². The second-order valence-electron chi connectivity index (χ2n) is 5.43. The molecule has 0 fully saturated rings. The molecule has 0 aliphatic rings. The van der Waals surface area contributed by atoms with Gasteiger partial charge in [0.2, 0.25) is 0 Å². The Bertz CT molecular complexity index is 401. The molecule has 21 heavy (non-hydrogen) atoms. The van der Waals surface area contributed by atoms with E-state index in [2.05, 4.69) is 26.1 Å². The maximum Gasteiger partial charge on any atom is 0.416 e. The van der Waals surface area contributed by atoms with Gasteiger partial charge in [-0.3, -0.25) is 0 Å². The predicted molar refractivity (Wildman–Crippen MR) is 84.8 cm³/mol. The van der Waals surface area contributed by atoms with E-state index >= 15 is 0 Å². The highest BCUT2D eigenvalue weighted by molar-refractivity contribution is 7.99. The first-order valence-electron chi connectivity index (χ1n) is 7.34. The first-order valence-corrected chi connectivity index (χ1v) is 8.39. The van der Waals surface area contributed by atoms with Crippen molar-refractivity contribution in [1.82, 2.24) is 5.32 Å². The SMILES string of the molecule is CCCNC(CSC(C)C)Cc1ccc(C(F)(F)F)cc1. The second kappa shape index (κ2) is 8.69. The molecule has 1 N–H and O–H groups in total. The lowest BCUT2D eigenvalue weighted by Crippen LogP contribution is -2.34. The van der Waals surface area contributed by atoms with Gasteiger partial charge in [0, 0.05) is 11.8 Å². The molecule has 0 amide bonds. The van der Waals surface area contributed by atoms with Crippen molar-refractivity contribution in [3.8, 4) is 0 Å². The summed E-state index contributed by atoms with van der Waals surface area (Å²) in [6, 6.07) is 5.81. The molecule has 1 aromatic carbocycles. The molecule has 5 heteroatoms. The van der Waals surface area contributed by atoms with Crippen LogP contribution in [0.2, 0.25) is 0 Å². The van der Waals surface area contributed by atoms with Crippen LogP contribution >= 0.6 is 11.8 Å². The van der Waals surface area contributed by atoms with Gasteiger partial charge in [0.25, 0.3) is 0 Å². The van der Waals surface area contributed by atoms with Crippen LogP contribution in [0.4, 0.5) is 13.2 Å². The molecule has 0 aliphatic carbocycles. The fourth-order valence-electron chi connectivity index (χ4n) is 1.96. The largest absolute Gasteiger partial charge is 0.416 e. The number of hydrogen-bond acceptors (Lipinski definition) is 2. The minimum absolute atomic E-state index is 0.300. The van der Waals surface area contributed by atoms with Gasteiger partial charge in [0.05, 0.1) is 5.56 Å². The zero-order valence-electron chi connectivity index (χ0n) is 12.8. The van der Waals surface area contributed by atoms with Gasteiger partial charge in [-0.1, -0.05) is 32.9 Å². The lowest BCUT2D eigenvalue weighted by Gasteiger charge is -2.19. The topological polar surface area (TPSA) is 12.0 Å². The van der Waals surface area contributed by atoms with E-state index in [0.29, 0.717) is 11.3 Å². The maximum atomic E-state index is 12.5. The highest BCUT2D eigenvalue weighted by Crippen LogP contribution is 2.29. The molecule has 0 bridgehead atoms. The van der Waals surface area contributed by atoms with Crippen molar-refractivity contribution in [3.63, 3.8) is 0 Å². The van der Waals surface area contributed by atoms with E-state index in [1.54, 1.807) is 12.1 Å². The molecular weight excluding hydrogens is 295 g/mol. The van der Waals surface area contributed by atoms with E-state index in [0.717, 1.165) is 30.7 Å². The van der Waals surface area contributed by atoms with Crippen molar-refractivity contribution in [2.45, 2.75) is 51.1 Å². The Kier molecular flexibility index (Phi) is 7.60. The van der Waals surface area contributed by atoms with Crippen LogP contribution in [-0.2, 0) is 12.6 Å². The molecule has 0 aliphatic heterocycles. The molecule has 0 saturated heterocycles. The van der Waals surface area contributed by atoms with Crippen molar-refractivity contribution < 1.29 is 13.2 Å². The maximum absolute atomic E-state index is 12.5. The Morgan fingerprint density at radius 2 is 1.76 bits per heavy atom. The third-order valence-electron chi connectivity index (χ3n) is 3.08. The fraction of sp³-hybridized carbons (Fsp3) is 0.625. The van der Waals surface area contributed by atoms with E-state index in [1.807, 2.05) is 11.8 Å². The van der Waals surface area contributed by atoms with E-state index in [1.165, 1.54) is 12.1 Å². The van der Waals surface area contributed by atoms with Crippen LogP contribution in [0.25, 0.3) is 0 Å². The molecule has 0 saturated carbocycles. The number of thioether (sulfide) groups is 1. The van der Waals surface area contributed by atoms with Gasteiger partial charge in [-0.25, -0.2) is 0 Å². The Morgan fingerprint density at radius 1 is 1.14 bits per heavy atom. The third-order valence-corrected chi connectivity index (χ3v) is 4.34. The summed E-state index contributed by atoms with van der Waals surface area (Å²) in [7, 11) is 0. The van der Waals surface area contributed by atoms with Gasteiger partial charge in [-0.05, 0) is 42.3 Å². The second-order valence-corrected chi connectivity index (χ2v) is 7.04. The molecule has 120 valence electrons. The van der Waals surface area contributed by atoms with Crippen molar-refractivity contribution in [2.75, 3.05) is 12.3 Å². The molecule has 0 aromatic heterocycles. The standard InChI is InChI=1S/C16H24F3NS/c1-4-9-20-15(11-21-12(2)3)10-13-5-7-14(8-6-13)16(17,18)19/h5-8,12,15,20H,4,9-11H2,1-3H3. The quantitative estimate of drug-likeness (QED) is 0.741. The van der Waals surface area contributed by atoms with Crippen LogP contribution in [0.3, 0.4) is 0 Å². The Hall–Kier alpha value is -0.680. The predicted octanol–water partition coefficient (Wildman–Crippen LogP) is 4.76. The Morgan fingerprint density at radius 3 is 2.24 bits per heavy atom. The van der Waals surface area contributed by atoms with Crippen LogP contribution in [0, 0.1) is 0 Å². The summed E-state index contributed by atoms with van der Waals surface area (Å²) < 4.78 is 37.6. The first-order chi connectivity index (χ1) is 9.82. The molecule has 0 spiro atoms. The summed E-state index contributed by atoms with van der Waals surface area (Å²) in [5.74, 6) is 0.971. The van der Waals surface area contributed by atoms with Crippen LogP contribution in [0.1, 0.15) is 38.3 Å². The molecule has 1 unspecified atom stereocenters. The number of rotatable bonds is 8. The number of halogens is 3. The molecule has 1 atom stereocenters. The van der Waals surface area contributed by atoms with Crippen LogP contribution < -0.4 is 5.32 Å². The van der Waals surface area contributed by atoms with Gasteiger partial charge in [-0.2, -0.15) is 24.9 Å². The van der Waals surface area contributed by atoms with Crippen LogP contribution in [-0.4, -0.2) is 23.6 Å². The molecule has 1 rings (SSSR count). The van der Waals surface area contributed by atoms with Crippen molar-refractivity contribution in [1.29, 1.82) is 0 Å². The monoisotopic (exact) mass is 319 g/mol. The lowest BCUT2D eigenvalue weighted by atomic mass is 10.0. The zero-order valence-corrected chi connectivity index (χ0v) is 13.7. The highest BCUT2D eigenvalue weighted by atomic mass is 32.2. The molecule has 1 nitrogen and oxygen atoms in total. The normalized spacial score (nSPS) is 13.7. The number of nitrogens with one attached hydrogen (secondary N) is 1. The van der Waals surface area contributed by atoms with E-state index in [-0.39, 0.29) is 0 Å². The first kappa shape index (κ1) is 18.4. The minimum Gasteiger partial charge on any atom is -0.313 e. The van der Waals surface area contributed by atoms with Crippen molar-refractivity contribution in [3.05, 3.63) is 35.4 Å². The summed E-state index contributed by atoms with van der Waals surface area (Å²) in [4.78, 5) is 0. The Balaban J connectivity index is 2.64. The zero-order chi connectivity index (χ0) is 15.9. The number of benzene rings is 1. The summed E-state index contributed by atoms with van der Waals surface area (Å²) in [5.41, 5.74) is 0.363. The van der Waals surface area contributed by atoms with E-state index in [4.69, 9.17) is 0 Å². The van der Waals surface area contributed by atoms with E-state index < -0.39 is 11.7 Å². The minimum atomic E-state index is -4.26. The summed E-state index contributed by atoms with van der Waals surface area (Å²) in [5, 5.41) is 4.03. The van der Waals surface area contributed by atoms with Crippen molar-refractivity contribution in [2.24, 2.45) is 0 Å². The average molecular weight is 319 g/mol. The summed E-state index contributed by atoms with van der Waals surface area (Å²) in [6.07, 6.45) is -2.44. The number of hydrogen-bond donors (Lipinski definition) is 1. The van der Waals surface area contributed by atoms with Gasteiger partial charge in [0.1, 0.15) is 0 Å². The van der Waals surface area contributed by atoms with Gasteiger partial charge < -0.3 is 5.32 Å². The summed E-state index contributed by atoms with van der Waals surface area (Å²) >= 11 is 1.87. The summed E-state index contributed by atoms with van der Waals surface area (Å²) in [6.45, 7) is 7.35. The fourth-order valence-corrected chi connectivity index (χ4v) is 2.81. The third kappa shape index (κ3) is 7.23. The Labute approximate surface area is 129 Å². The van der Waals surface area contributed by atoms with Crippen LogP contribution in [0.15, 0.2) is 24.3 Å². The highest BCUT2D eigenvalue weighted by Gasteiger charge is 2.29. The van der Waals surface area contributed by atoms with Crippen molar-refractivity contribution >= 4 is 11.8 Å². The van der Waals surface area contributed by atoms with Gasteiger partial charge in [0.15, 0.2) is 0 Å². The average Bonchev–Trinajstić information content (AvgIpc) is 2.41. The smallest absolute Gasteiger partial charge is 0.313 e. The molecule has 0 heterocycles. The van der Waals surface area contributed by atoms with Gasteiger partial charge in [-0.15, -0.1) is 0 Å². The van der Waals surface area contributed by atoms with E-state index in [9.17, 15) is 13.2 Å². The van der Waals surface area contributed by atoms with Crippen LogP contribution in [0.5, 0.6) is 0 Å².